The Labute approximate surface area is 120 Å². The van der Waals surface area contributed by atoms with Gasteiger partial charge in [0.05, 0.1) is 11.7 Å². The van der Waals surface area contributed by atoms with Crippen LogP contribution in [0, 0.1) is 6.92 Å². The number of unbranched alkanes of at least 4 members (excludes halogenated alkanes) is 1. The first-order valence-electron chi connectivity index (χ1n) is 6.63. The second kappa shape index (κ2) is 8.07. The minimum Gasteiger partial charge on any atom is -0.389 e. The molecule has 0 amide bonds. The van der Waals surface area contributed by atoms with Gasteiger partial charge < -0.3 is 15.8 Å². The number of nitrogens with zero attached hydrogens (tertiary/aromatic N) is 1. The third-order valence-electron chi connectivity index (χ3n) is 2.72. The van der Waals surface area contributed by atoms with Gasteiger partial charge >= 0.3 is 0 Å². The zero-order valence-corrected chi connectivity index (χ0v) is 12.7. The van der Waals surface area contributed by atoms with Gasteiger partial charge in [-0.3, -0.25) is 0 Å². The Kier molecular flexibility index (Phi) is 6.73. The molecule has 4 nitrogen and oxygen atoms in total. The number of anilines is 1. The minimum atomic E-state index is 0.299. The number of thiocarbonyl (C=S) groups is 1. The van der Waals surface area contributed by atoms with Gasteiger partial charge in [-0.25, -0.2) is 4.98 Å². The molecule has 1 rings (SSSR count). The van der Waals surface area contributed by atoms with E-state index in [4.69, 9.17) is 22.7 Å². The second-order valence-electron chi connectivity index (χ2n) is 4.77. The average Bonchev–Trinajstić information content (AvgIpc) is 2.32. The van der Waals surface area contributed by atoms with Crippen LogP contribution in [-0.4, -0.2) is 29.2 Å². The van der Waals surface area contributed by atoms with Crippen LogP contribution in [0.5, 0.6) is 0 Å². The molecular weight excluding hydrogens is 258 g/mol. The number of ether oxygens (including phenoxy) is 1. The van der Waals surface area contributed by atoms with E-state index in [0.717, 1.165) is 42.9 Å². The predicted molar refractivity (Wildman–Crippen MR) is 83.7 cm³/mol. The lowest BCUT2D eigenvalue weighted by Gasteiger charge is -2.12. The highest BCUT2D eigenvalue weighted by atomic mass is 32.1. The van der Waals surface area contributed by atoms with Crippen LogP contribution < -0.4 is 11.1 Å². The molecule has 0 aromatic carbocycles. The standard InChI is InChI=1S/C14H23N3OS/c1-10(2)18-9-5-4-7-16-14-12(13(15)19)11(3)6-8-17-14/h6,8,10H,4-5,7,9H2,1-3H3,(H2,15,19)(H,16,17). The van der Waals surface area contributed by atoms with Crippen LogP contribution >= 0.6 is 12.2 Å². The molecule has 0 aliphatic carbocycles. The van der Waals surface area contributed by atoms with E-state index < -0.39 is 0 Å². The number of rotatable bonds is 8. The first kappa shape index (κ1) is 15.9. The fourth-order valence-electron chi connectivity index (χ4n) is 1.76. The number of pyridine rings is 1. The third kappa shape index (κ3) is 5.53. The Morgan fingerprint density at radius 1 is 1.47 bits per heavy atom. The first-order valence-corrected chi connectivity index (χ1v) is 7.04. The quantitative estimate of drug-likeness (QED) is 0.566. The zero-order chi connectivity index (χ0) is 14.3. The summed E-state index contributed by atoms with van der Waals surface area (Å²) in [6, 6.07) is 1.91. The molecule has 0 aliphatic rings. The van der Waals surface area contributed by atoms with Crippen molar-refractivity contribution in [3.63, 3.8) is 0 Å². The summed E-state index contributed by atoms with van der Waals surface area (Å²) in [4.78, 5) is 4.68. The largest absolute Gasteiger partial charge is 0.389 e. The number of nitrogens with two attached hydrogens (primary N) is 1. The number of aryl methyl sites for hydroxylation is 1. The van der Waals surface area contributed by atoms with Gasteiger partial charge in [-0.15, -0.1) is 0 Å². The maximum atomic E-state index is 5.73. The second-order valence-corrected chi connectivity index (χ2v) is 5.21. The summed E-state index contributed by atoms with van der Waals surface area (Å²) in [6.07, 6.45) is 4.12. The van der Waals surface area contributed by atoms with Gasteiger partial charge in [0.25, 0.3) is 0 Å². The number of hydrogen-bond acceptors (Lipinski definition) is 4. The lowest BCUT2D eigenvalue weighted by atomic mass is 10.1. The molecule has 0 saturated carbocycles. The van der Waals surface area contributed by atoms with Gasteiger partial charge in [-0.05, 0) is 45.2 Å². The van der Waals surface area contributed by atoms with E-state index in [2.05, 4.69) is 10.3 Å². The van der Waals surface area contributed by atoms with E-state index in [-0.39, 0.29) is 0 Å². The molecule has 5 heteroatoms. The van der Waals surface area contributed by atoms with E-state index in [1.165, 1.54) is 0 Å². The highest BCUT2D eigenvalue weighted by molar-refractivity contribution is 7.80. The number of hydrogen-bond donors (Lipinski definition) is 2. The van der Waals surface area contributed by atoms with Crippen LogP contribution in [0.2, 0.25) is 0 Å². The van der Waals surface area contributed by atoms with Crippen molar-refractivity contribution in [1.82, 2.24) is 4.98 Å². The maximum Gasteiger partial charge on any atom is 0.136 e. The average molecular weight is 281 g/mol. The molecule has 0 saturated heterocycles. The van der Waals surface area contributed by atoms with E-state index in [9.17, 15) is 0 Å². The maximum absolute atomic E-state index is 5.73. The molecule has 0 spiro atoms. The van der Waals surface area contributed by atoms with Crippen LogP contribution in [-0.2, 0) is 4.74 Å². The molecule has 1 heterocycles. The summed E-state index contributed by atoms with van der Waals surface area (Å²) in [7, 11) is 0. The summed E-state index contributed by atoms with van der Waals surface area (Å²) in [5, 5.41) is 3.29. The fraction of sp³-hybridized carbons (Fsp3) is 0.571. The Morgan fingerprint density at radius 3 is 2.84 bits per heavy atom. The van der Waals surface area contributed by atoms with Crippen molar-refractivity contribution in [3.05, 3.63) is 23.4 Å². The monoisotopic (exact) mass is 281 g/mol. The van der Waals surface area contributed by atoms with Crippen LogP contribution in [0.1, 0.15) is 37.8 Å². The van der Waals surface area contributed by atoms with E-state index in [1.54, 1.807) is 6.20 Å². The Balaban J connectivity index is 2.41. The molecule has 0 radical (unpaired) electrons. The lowest BCUT2D eigenvalue weighted by Crippen LogP contribution is -2.16. The topological polar surface area (TPSA) is 60.2 Å². The van der Waals surface area contributed by atoms with E-state index >= 15 is 0 Å². The summed E-state index contributed by atoms with van der Waals surface area (Å²) in [5.41, 5.74) is 7.62. The molecule has 3 N–H and O–H groups in total. The molecule has 0 unspecified atom stereocenters. The van der Waals surface area contributed by atoms with Gasteiger partial charge in [-0.1, -0.05) is 12.2 Å². The SMILES string of the molecule is Cc1ccnc(NCCCCOC(C)C)c1C(N)=S. The smallest absolute Gasteiger partial charge is 0.136 e. The van der Waals surface area contributed by atoms with Crippen LogP contribution in [0.25, 0.3) is 0 Å². The predicted octanol–water partition coefficient (Wildman–Crippen LogP) is 2.64. The van der Waals surface area contributed by atoms with Crippen molar-refractivity contribution >= 4 is 23.0 Å². The molecule has 0 atom stereocenters. The van der Waals surface area contributed by atoms with Crippen LogP contribution in [0.3, 0.4) is 0 Å². The third-order valence-corrected chi connectivity index (χ3v) is 2.92. The first-order chi connectivity index (χ1) is 9.02. The van der Waals surface area contributed by atoms with Crippen molar-refractivity contribution in [2.45, 2.75) is 39.7 Å². The van der Waals surface area contributed by atoms with Crippen LogP contribution in [0.4, 0.5) is 5.82 Å². The zero-order valence-electron chi connectivity index (χ0n) is 11.9. The molecule has 19 heavy (non-hydrogen) atoms. The van der Waals surface area contributed by atoms with Crippen molar-refractivity contribution in [2.75, 3.05) is 18.5 Å². The number of aromatic nitrogens is 1. The van der Waals surface area contributed by atoms with Crippen molar-refractivity contribution in [2.24, 2.45) is 5.73 Å². The highest BCUT2D eigenvalue weighted by Crippen LogP contribution is 2.16. The molecular formula is C14H23N3OS. The lowest BCUT2D eigenvalue weighted by molar-refractivity contribution is 0.0765. The number of nitrogens with one attached hydrogen (secondary N) is 1. The molecule has 1 aromatic rings. The van der Waals surface area contributed by atoms with E-state index in [0.29, 0.717) is 11.1 Å². The summed E-state index contributed by atoms with van der Waals surface area (Å²) < 4.78 is 5.49. The molecule has 0 aliphatic heterocycles. The summed E-state index contributed by atoms with van der Waals surface area (Å²) in [6.45, 7) is 7.71. The van der Waals surface area contributed by atoms with Gasteiger partial charge in [0.2, 0.25) is 0 Å². The van der Waals surface area contributed by atoms with Crippen LogP contribution in [0.15, 0.2) is 12.3 Å². The molecule has 0 fully saturated rings. The fourth-order valence-corrected chi connectivity index (χ4v) is 2.01. The van der Waals surface area contributed by atoms with Crippen molar-refractivity contribution < 1.29 is 4.74 Å². The Bertz CT molecular complexity index is 421. The summed E-state index contributed by atoms with van der Waals surface area (Å²) in [5.74, 6) is 0.775. The minimum absolute atomic E-state index is 0.299. The van der Waals surface area contributed by atoms with Gasteiger partial charge in [0.15, 0.2) is 0 Å². The normalized spacial score (nSPS) is 10.7. The molecule has 106 valence electrons. The Morgan fingerprint density at radius 2 is 2.21 bits per heavy atom. The van der Waals surface area contributed by atoms with Gasteiger partial charge in [0, 0.05) is 19.3 Å². The summed E-state index contributed by atoms with van der Waals surface area (Å²) >= 11 is 5.06. The molecule has 1 aromatic heterocycles. The van der Waals surface area contributed by atoms with Crippen molar-refractivity contribution in [3.8, 4) is 0 Å². The van der Waals surface area contributed by atoms with Crippen molar-refractivity contribution in [1.29, 1.82) is 0 Å². The highest BCUT2D eigenvalue weighted by Gasteiger charge is 2.08. The van der Waals surface area contributed by atoms with E-state index in [1.807, 2.05) is 26.8 Å². The Hall–Kier alpha value is -1.20. The molecule has 0 bridgehead atoms. The van der Waals surface area contributed by atoms with Gasteiger partial charge in [-0.2, -0.15) is 0 Å². The van der Waals surface area contributed by atoms with Gasteiger partial charge in [0.1, 0.15) is 10.8 Å².